The van der Waals surface area contributed by atoms with Crippen molar-refractivity contribution in [3.8, 4) is 11.3 Å². The predicted octanol–water partition coefficient (Wildman–Crippen LogP) is 4.80. The molecule has 330 valence electrons. The van der Waals surface area contributed by atoms with E-state index in [-0.39, 0.29) is 18.1 Å². The Bertz CT molecular complexity index is 1860. The Morgan fingerprint density at radius 3 is 2.38 bits per heavy atom. The number of rotatable bonds is 13. The lowest BCUT2D eigenvalue weighted by Crippen LogP contribution is -2.63. The number of hydrogen-bond donors (Lipinski definition) is 3. The number of ketones is 1. The number of aliphatic hydroxyl groups excluding tert-OH is 3. The Labute approximate surface area is 354 Å². The second-order valence-corrected chi connectivity index (χ2v) is 17.1. The number of nitrogens with zero attached hydrogens (tertiary/aromatic N) is 7. The van der Waals surface area contributed by atoms with Gasteiger partial charge in [0.1, 0.15) is 17.9 Å². The van der Waals surface area contributed by atoms with E-state index in [9.17, 15) is 24.9 Å². The fourth-order valence-electron chi connectivity index (χ4n) is 8.42. The van der Waals surface area contributed by atoms with Gasteiger partial charge in [0.25, 0.3) is 0 Å². The molecule has 60 heavy (non-hydrogen) atoms. The van der Waals surface area contributed by atoms with Crippen LogP contribution in [0.3, 0.4) is 0 Å². The van der Waals surface area contributed by atoms with Crippen LogP contribution < -0.4 is 0 Å². The zero-order valence-corrected chi connectivity index (χ0v) is 36.6. The first-order valence-corrected chi connectivity index (χ1v) is 21.6. The summed E-state index contributed by atoms with van der Waals surface area (Å²) < 4.78 is 22.6. The third-order valence-corrected chi connectivity index (χ3v) is 12.1. The molecule has 3 N–H and O–H groups in total. The predicted molar refractivity (Wildman–Crippen MR) is 226 cm³/mol. The number of cyclic esters (lactones) is 1. The average Bonchev–Trinajstić information content (AvgIpc) is 3.90. The molecular formula is C45H67N7O8. The summed E-state index contributed by atoms with van der Waals surface area (Å²) in [5.74, 6) is -2.51. The van der Waals surface area contributed by atoms with E-state index in [0.29, 0.717) is 38.0 Å². The molecule has 12 atom stereocenters. The third kappa shape index (κ3) is 12.5. The Balaban J connectivity index is 1.49. The van der Waals surface area contributed by atoms with Crippen LogP contribution in [0, 0.1) is 23.7 Å². The van der Waals surface area contributed by atoms with Gasteiger partial charge in [-0.15, -0.1) is 10.2 Å². The summed E-state index contributed by atoms with van der Waals surface area (Å²) in [6.07, 6.45) is 6.34. The molecule has 0 aliphatic carbocycles. The Morgan fingerprint density at radius 1 is 0.950 bits per heavy atom. The molecule has 2 aliphatic rings. The van der Waals surface area contributed by atoms with E-state index in [1.54, 1.807) is 54.4 Å². The second kappa shape index (κ2) is 22.1. The molecule has 0 bridgehead atoms. The third-order valence-electron chi connectivity index (χ3n) is 12.1. The maximum atomic E-state index is 13.9. The zero-order valence-electron chi connectivity index (χ0n) is 36.6. The smallest absolute Gasteiger partial charge is 0.308 e. The number of aliphatic hydroxyl groups is 3. The summed E-state index contributed by atoms with van der Waals surface area (Å²) in [6.45, 7) is 12.2. The Kier molecular flexibility index (Phi) is 17.3. The van der Waals surface area contributed by atoms with Crippen molar-refractivity contribution in [3.05, 3.63) is 72.2 Å². The number of aryl methyl sites for hydroxylation is 2. The van der Waals surface area contributed by atoms with Crippen molar-refractivity contribution in [2.24, 2.45) is 23.7 Å². The normalized spacial score (nSPS) is 32.7. The number of benzene rings is 1. The van der Waals surface area contributed by atoms with Crippen LogP contribution in [-0.2, 0) is 43.3 Å². The Hall–Kier alpha value is -4.12. The molecule has 15 heteroatoms. The van der Waals surface area contributed by atoms with Gasteiger partial charge in [-0.2, -0.15) is 0 Å². The van der Waals surface area contributed by atoms with Gasteiger partial charge in [0.15, 0.2) is 12.1 Å². The van der Waals surface area contributed by atoms with Crippen molar-refractivity contribution in [2.45, 2.75) is 149 Å². The van der Waals surface area contributed by atoms with Crippen LogP contribution in [0.15, 0.2) is 66.5 Å². The fraction of sp³-hybridized carbons (Fsp3) is 0.644. The van der Waals surface area contributed by atoms with Gasteiger partial charge < -0.3 is 34.4 Å². The number of ether oxygens (including phenoxy) is 3. The maximum Gasteiger partial charge on any atom is 0.308 e. The van der Waals surface area contributed by atoms with Crippen LogP contribution in [-0.4, -0.2) is 125 Å². The van der Waals surface area contributed by atoms with E-state index in [1.807, 2.05) is 69.6 Å². The van der Waals surface area contributed by atoms with Gasteiger partial charge in [0.2, 0.25) is 0 Å². The van der Waals surface area contributed by atoms with Crippen LogP contribution in [0.4, 0.5) is 0 Å². The van der Waals surface area contributed by atoms with Gasteiger partial charge in [0, 0.05) is 36.1 Å². The molecule has 0 radical (unpaired) electrons. The highest BCUT2D eigenvalue weighted by Gasteiger charge is 2.47. The van der Waals surface area contributed by atoms with Gasteiger partial charge in [-0.1, -0.05) is 92.6 Å². The van der Waals surface area contributed by atoms with Gasteiger partial charge in [-0.25, -0.2) is 0 Å². The van der Waals surface area contributed by atoms with Crippen LogP contribution in [0.2, 0.25) is 0 Å². The molecule has 5 rings (SSSR count). The van der Waals surface area contributed by atoms with E-state index in [2.05, 4.69) is 27.5 Å². The van der Waals surface area contributed by atoms with E-state index >= 15 is 0 Å². The lowest BCUT2D eigenvalue weighted by Gasteiger charge is -2.46. The summed E-state index contributed by atoms with van der Waals surface area (Å²) in [5.41, 5.74) is 3.37. The molecule has 0 saturated carbocycles. The van der Waals surface area contributed by atoms with Gasteiger partial charge in [-0.05, 0) is 72.0 Å². The molecule has 2 aromatic heterocycles. The summed E-state index contributed by atoms with van der Waals surface area (Å²) in [5, 5.41) is 52.0. The first-order chi connectivity index (χ1) is 28.7. The van der Waals surface area contributed by atoms with Crippen molar-refractivity contribution < 1.29 is 39.1 Å². The van der Waals surface area contributed by atoms with Crippen molar-refractivity contribution in [1.82, 2.24) is 34.9 Å². The second-order valence-electron chi connectivity index (χ2n) is 17.1. The van der Waals surface area contributed by atoms with Gasteiger partial charge in [0.05, 0.1) is 55.3 Å². The fourth-order valence-corrected chi connectivity index (χ4v) is 8.42. The van der Waals surface area contributed by atoms with Crippen LogP contribution in [0.5, 0.6) is 0 Å². The summed E-state index contributed by atoms with van der Waals surface area (Å²) in [6, 6.07) is 9.04. The number of esters is 1. The minimum absolute atomic E-state index is 0.0795. The minimum atomic E-state index is -1.25. The molecular weight excluding hydrogens is 767 g/mol. The molecule has 3 aromatic rings. The van der Waals surface area contributed by atoms with Crippen LogP contribution in [0.25, 0.3) is 11.3 Å². The molecule has 15 nitrogen and oxygen atoms in total. The molecule has 3 unspecified atom stereocenters. The molecule has 1 fully saturated rings. The van der Waals surface area contributed by atoms with E-state index in [4.69, 9.17) is 14.2 Å². The van der Waals surface area contributed by atoms with E-state index in [0.717, 1.165) is 36.1 Å². The molecule has 1 saturated heterocycles. The van der Waals surface area contributed by atoms with Crippen molar-refractivity contribution in [3.63, 3.8) is 0 Å². The standard InChI is InChI=1S/C45H67N7O8/c1-9-11-17-35-26-52(48-46-35)25-34-22-28(3)18-19-37(53)29(4)23-33(20-21-51-27-36(47-49-51)32-15-13-12-14-16-32)44(30(5)38(54)24-40(55)59-39(34)10-2)60-45-43(57)41(50(7)8)42(56)31(6)58-45/h12-16,18-19,22,26-27,29-31,33-34,38-39,41-45,54,56-57H,9-11,17,20-21,23-25H2,1-8H3/b19-18+,28-22+/t29-,30+,31+,33+,34-,38-,39-,41?,42?,43?,44-,45+/m1/s1. The quantitative estimate of drug-likeness (QED) is 0.200. The number of aromatic nitrogens is 6. The van der Waals surface area contributed by atoms with E-state index in [1.165, 1.54) is 0 Å². The van der Waals surface area contributed by atoms with Crippen LogP contribution in [0.1, 0.15) is 85.8 Å². The van der Waals surface area contributed by atoms with Gasteiger partial charge in [-0.3, -0.25) is 19.0 Å². The molecule has 0 amide bonds. The topological polar surface area (TPSA) is 187 Å². The van der Waals surface area contributed by atoms with Gasteiger partial charge >= 0.3 is 5.97 Å². The number of carbonyl (C=O) groups excluding carboxylic acids is 2. The highest BCUT2D eigenvalue weighted by atomic mass is 16.7. The zero-order chi connectivity index (χ0) is 43.5. The number of likely N-dealkylation sites (N-methyl/N-ethyl adjacent to an activating group) is 1. The highest BCUT2D eigenvalue weighted by Crippen LogP contribution is 2.35. The summed E-state index contributed by atoms with van der Waals surface area (Å²) >= 11 is 0. The number of unbranched alkanes of at least 4 members (excludes halogenated alkanes) is 1. The molecule has 4 heterocycles. The molecule has 2 aliphatic heterocycles. The highest BCUT2D eigenvalue weighted by molar-refractivity contribution is 5.91. The number of carbonyl (C=O) groups is 2. The number of hydrogen-bond acceptors (Lipinski definition) is 13. The summed E-state index contributed by atoms with van der Waals surface area (Å²) in [4.78, 5) is 29.5. The van der Waals surface area contributed by atoms with E-state index < -0.39 is 72.7 Å². The first kappa shape index (κ1) is 46.9. The van der Waals surface area contributed by atoms with Crippen molar-refractivity contribution in [1.29, 1.82) is 0 Å². The lowest BCUT2D eigenvalue weighted by molar-refractivity contribution is -0.304. The number of allylic oxidation sites excluding steroid dienone is 3. The van der Waals surface area contributed by atoms with Crippen LogP contribution >= 0.6 is 0 Å². The monoisotopic (exact) mass is 834 g/mol. The average molecular weight is 834 g/mol. The lowest BCUT2D eigenvalue weighted by atomic mass is 9.79. The van der Waals surface area contributed by atoms with Crippen molar-refractivity contribution in [2.75, 3.05) is 14.1 Å². The Morgan fingerprint density at radius 2 is 1.68 bits per heavy atom. The summed E-state index contributed by atoms with van der Waals surface area (Å²) in [7, 11) is 3.54. The maximum absolute atomic E-state index is 13.9. The largest absolute Gasteiger partial charge is 0.462 e. The molecule has 1 aromatic carbocycles. The SMILES string of the molecule is CCCCc1cn(C[C@H]2/C=C(C)/C=C/C(=O)[C@H](C)C[C@H](CCn3cc(-c4ccccc4)nn3)[C@H](O[C@@H]3O[C@@H](C)C(O)C(N(C)C)C3O)[C@@H](C)[C@H](O)CC(=O)O[C@@H]2CC)nn1. The first-order valence-electron chi connectivity index (χ1n) is 21.6. The van der Waals surface area contributed by atoms with Crippen molar-refractivity contribution >= 4 is 11.8 Å². The molecule has 0 spiro atoms. The minimum Gasteiger partial charge on any atom is -0.462 e.